The zero-order chi connectivity index (χ0) is 44.5. The lowest BCUT2D eigenvalue weighted by Gasteiger charge is -2.48. The van der Waals surface area contributed by atoms with Gasteiger partial charge in [-0.05, 0) is 183 Å². The van der Waals surface area contributed by atoms with Crippen LogP contribution in [0.5, 0.6) is 0 Å². The van der Waals surface area contributed by atoms with Crippen molar-refractivity contribution >= 4 is 79.2 Å². The number of benzene rings is 6. The van der Waals surface area contributed by atoms with Crippen LogP contribution < -0.4 is 26.2 Å². The maximum absolute atomic E-state index is 6.81. The SMILES string of the molecule is Cc1cc2c3c(c1)N(c1cc4c(cc1C)C(C)(C)CCC4(C)C)c1cc4c(cc1B3c1cc3c(cc1N2c1ccc(C(C)(C)C)cc1C)C(C)(C)CCC3(C)C)oc1ccccc14. The normalized spacial score (nSPS) is 18.8. The Kier molecular flexibility index (Phi) is 8.34. The van der Waals surface area contributed by atoms with Crippen LogP contribution in [0.2, 0.25) is 0 Å². The molecule has 0 N–H and O–H groups in total. The van der Waals surface area contributed by atoms with Crippen molar-refractivity contribution < 1.29 is 4.42 Å². The summed E-state index contributed by atoms with van der Waals surface area (Å²) in [6, 6.07) is 36.1. The Labute approximate surface area is 377 Å². The topological polar surface area (TPSA) is 19.6 Å². The zero-order valence-corrected chi connectivity index (χ0v) is 40.4. The van der Waals surface area contributed by atoms with Crippen molar-refractivity contribution in [3.8, 4) is 0 Å². The third-order valence-corrected chi connectivity index (χ3v) is 16.4. The molecule has 1 aromatic heterocycles. The van der Waals surface area contributed by atoms with E-state index in [1.165, 1.54) is 131 Å². The van der Waals surface area contributed by atoms with Crippen molar-refractivity contribution in [2.24, 2.45) is 0 Å². The molecule has 0 radical (unpaired) electrons. The summed E-state index contributed by atoms with van der Waals surface area (Å²) in [5.41, 5.74) is 25.2. The first-order valence-electron chi connectivity index (χ1n) is 23.7. The predicted octanol–water partition coefficient (Wildman–Crippen LogP) is 14.6. The molecule has 11 rings (SSSR count). The lowest BCUT2D eigenvalue weighted by molar-refractivity contribution is 0.332. The molecule has 7 aromatic rings. The first kappa shape index (κ1) is 40.6. The van der Waals surface area contributed by atoms with Crippen LogP contribution in [-0.4, -0.2) is 6.71 Å². The highest BCUT2D eigenvalue weighted by molar-refractivity contribution is 7.00. The van der Waals surface area contributed by atoms with Crippen LogP contribution in [0.15, 0.2) is 95.4 Å². The van der Waals surface area contributed by atoms with E-state index in [1.807, 2.05) is 0 Å². The highest BCUT2D eigenvalue weighted by Gasteiger charge is 2.48. The number of aryl methyl sites for hydroxylation is 3. The van der Waals surface area contributed by atoms with Crippen molar-refractivity contribution in [1.29, 1.82) is 0 Å². The second-order valence-corrected chi connectivity index (χ2v) is 23.8. The number of furan rings is 1. The molecule has 0 saturated heterocycles. The van der Waals surface area contributed by atoms with Gasteiger partial charge in [-0.1, -0.05) is 119 Å². The van der Waals surface area contributed by atoms with E-state index in [9.17, 15) is 0 Å². The monoisotopic (exact) mass is 829 g/mol. The Hall–Kier alpha value is -5.22. The summed E-state index contributed by atoms with van der Waals surface area (Å²) >= 11 is 0. The average molecular weight is 829 g/mol. The average Bonchev–Trinajstić information content (AvgIpc) is 3.57. The first-order valence-corrected chi connectivity index (χ1v) is 23.7. The van der Waals surface area contributed by atoms with Gasteiger partial charge in [-0.25, -0.2) is 0 Å². The number of hydrogen-bond acceptors (Lipinski definition) is 3. The fourth-order valence-corrected chi connectivity index (χ4v) is 12.3. The van der Waals surface area contributed by atoms with Gasteiger partial charge in [0.25, 0.3) is 6.71 Å². The summed E-state index contributed by atoms with van der Waals surface area (Å²) in [5.74, 6) is 0. The molecule has 3 nitrogen and oxygen atoms in total. The largest absolute Gasteiger partial charge is 0.456 e. The molecule has 63 heavy (non-hydrogen) atoms. The Morgan fingerprint density at radius 2 is 0.984 bits per heavy atom. The van der Waals surface area contributed by atoms with Gasteiger partial charge in [0.15, 0.2) is 0 Å². The highest BCUT2D eigenvalue weighted by Crippen LogP contribution is 2.53. The van der Waals surface area contributed by atoms with Gasteiger partial charge in [-0.2, -0.15) is 0 Å². The lowest BCUT2D eigenvalue weighted by atomic mass is 9.33. The van der Waals surface area contributed by atoms with Crippen molar-refractivity contribution in [2.75, 3.05) is 9.80 Å². The van der Waals surface area contributed by atoms with Crippen LogP contribution >= 0.6 is 0 Å². The van der Waals surface area contributed by atoms with E-state index >= 15 is 0 Å². The summed E-state index contributed by atoms with van der Waals surface area (Å²) in [7, 11) is 0. The van der Waals surface area contributed by atoms with Gasteiger partial charge in [-0.3, -0.25) is 0 Å². The molecule has 320 valence electrons. The molecule has 6 aromatic carbocycles. The second-order valence-electron chi connectivity index (χ2n) is 23.8. The Morgan fingerprint density at radius 1 is 0.476 bits per heavy atom. The molecule has 3 heterocycles. The Balaban J connectivity index is 1.28. The molecular formula is C59H65BN2O. The third-order valence-electron chi connectivity index (χ3n) is 16.4. The van der Waals surface area contributed by atoms with E-state index in [-0.39, 0.29) is 33.8 Å². The number of anilines is 6. The lowest BCUT2D eigenvalue weighted by Crippen LogP contribution is -2.62. The van der Waals surface area contributed by atoms with E-state index in [4.69, 9.17) is 4.42 Å². The van der Waals surface area contributed by atoms with Crippen molar-refractivity contribution in [3.05, 3.63) is 136 Å². The van der Waals surface area contributed by atoms with Crippen LogP contribution in [0.25, 0.3) is 21.9 Å². The quantitative estimate of drug-likeness (QED) is 0.162. The highest BCUT2D eigenvalue weighted by atomic mass is 16.3. The van der Waals surface area contributed by atoms with Gasteiger partial charge in [0.2, 0.25) is 0 Å². The standard InChI is InChI=1S/C59H65BN2O/c1-34-25-50-54-51(26-34)62(47-31-42-40(28-36(47)3)56(7,8)21-23-58(42,11)12)48-29-39-38-17-15-16-18-52(38)63-53(39)33-45(48)60(54)44-30-41-43(59(13,14)24-22-57(41,9)10)32-49(44)61(50)46-20-19-37(27-35(46)2)55(4,5)6/h15-20,25-33H,21-24H2,1-14H3. The van der Waals surface area contributed by atoms with E-state index in [0.717, 1.165) is 11.2 Å². The van der Waals surface area contributed by atoms with Crippen LogP contribution in [0.1, 0.15) is 146 Å². The van der Waals surface area contributed by atoms with Crippen LogP contribution in [0, 0.1) is 20.8 Å². The molecular weight excluding hydrogens is 763 g/mol. The van der Waals surface area contributed by atoms with E-state index in [2.05, 4.69) is 198 Å². The van der Waals surface area contributed by atoms with Crippen molar-refractivity contribution in [3.63, 3.8) is 0 Å². The van der Waals surface area contributed by atoms with Gasteiger partial charge in [0.05, 0.1) is 0 Å². The summed E-state index contributed by atoms with van der Waals surface area (Å²) in [6.45, 7) is 33.7. The van der Waals surface area contributed by atoms with Gasteiger partial charge in [-0.15, -0.1) is 0 Å². The van der Waals surface area contributed by atoms with Crippen LogP contribution in [-0.2, 0) is 27.1 Å². The summed E-state index contributed by atoms with van der Waals surface area (Å²) in [5, 5.41) is 2.33. The molecule has 4 heteroatoms. The summed E-state index contributed by atoms with van der Waals surface area (Å²) in [6.07, 6.45) is 4.71. The third kappa shape index (κ3) is 5.84. The zero-order valence-electron chi connectivity index (χ0n) is 40.4. The molecule has 0 spiro atoms. The fourth-order valence-electron chi connectivity index (χ4n) is 12.3. The second kappa shape index (κ2) is 13.0. The fraction of sp³-hybridized carbons (Fsp3) is 0.390. The minimum absolute atomic E-state index is 0.000636. The van der Waals surface area contributed by atoms with Gasteiger partial charge in [0, 0.05) is 44.9 Å². The molecule has 0 unspecified atom stereocenters. The molecule has 0 fully saturated rings. The number of fused-ring (bicyclic) bond motifs is 9. The first-order chi connectivity index (χ1) is 29.6. The van der Waals surface area contributed by atoms with Crippen molar-refractivity contribution in [1.82, 2.24) is 0 Å². The number of nitrogens with zero attached hydrogens (tertiary/aromatic N) is 2. The van der Waals surface area contributed by atoms with Gasteiger partial charge >= 0.3 is 0 Å². The van der Waals surface area contributed by atoms with Crippen LogP contribution in [0.4, 0.5) is 34.1 Å². The maximum Gasteiger partial charge on any atom is 0.252 e. The van der Waals surface area contributed by atoms with E-state index in [0.29, 0.717) is 0 Å². The molecule has 0 atom stereocenters. The number of hydrogen-bond donors (Lipinski definition) is 0. The summed E-state index contributed by atoms with van der Waals surface area (Å²) < 4.78 is 6.81. The number of rotatable bonds is 2. The molecule has 2 aliphatic heterocycles. The van der Waals surface area contributed by atoms with E-state index < -0.39 is 0 Å². The number of para-hydroxylation sites is 1. The van der Waals surface area contributed by atoms with Crippen LogP contribution in [0.3, 0.4) is 0 Å². The van der Waals surface area contributed by atoms with E-state index in [1.54, 1.807) is 0 Å². The smallest absolute Gasteiger partial charge is 0.252 e. The molecule has 0 amide bonds. The van der Waals surface area contributed by atoms with Crippen molar-refractivity contribution in [2.45, 2.75) is 150 Å². The minimum Gasteiger partial charge on any atom is -0.456 e. The summed E-state index contributed by atoms with van der Waals surface area (Å²) in [4.78, 5) is 5.32. The Morgan fingerprint density at radius 3 is 1.59 bits per heavy atom. The van der Waals surface area contributed by atoms with Gasteiger partial charge in [0.1, 0.15) is 11.2 Å². The molecule has 0 bridgehead atoms. The minimum atomic E-state index is -0.000636. The maximum atomic E-state index is 6.81. The molecule has 4 aliphatic rings. The Bertz CT molecular complexity index is 3110. The predicted molar refractivity (Wildman–Crippen MR) is 271 cm³/mol. The molecule has 2 aliphatic carbocycles. The van der Waals surface area contributed by atoms with Gasteiger partial charge < -0.3 is 14.2 Å². The molecule has 0 saturated carbocycles.